The van der Waals surface area contributed by atoms with Crippen LogP contribution in [0.15, 0.2) is 64.4 Å². The largest absolute Gasteiger partial charge is 0.456 e. The second-order valence-corrected chi connectivity index (χ2v) is 6.84. The molecule has 0 fully saturated rings. The van der Waals surface area contributed by atoms with Crippen LogP contribution in [0.4, 0.5) is 5.69 Å². The Bertz CT molecular complexity index is 677. The summed E-state index contributed by atoms with van der Waals surface area (Å²) < 4.78 is 5.02. The summed E-state index contributed by atoms with van der Waals surface area (Å²) in [6, 6.07) is 17.4. The lowest BCUT2D eigenvalue weighted by Crippen LogP contribution is -2.21. The molecule has 0 aromatic heterocycles. The Morgan fingerprint density at radius 2 is 1.75 bits per heavy atom. The minimum Gasteiger partial charge on any atom is -0.456 e. The Labute approximate surface area is 150 Å². The Balaban J connectivity index is 1.68. The van der Waals surface area contributed by atoms with Crippen molar-refractivity contribution in [1.82, 2.24) is 0 Å². The van der Waals surface area contributed by atoms with Gasteiger partial charge in [0, 0.05) is 15.5 Å². The summed E-state index contributed by atoms with van der Waals surface area (Å²) in [4.78, 5) is 25.6. The highest BCUT2D eigenvalue weighted by Crippen LogP contribution is 2.24. The van der Waals surface area contributed by atoms with Gasteiger partial charge in [0.25, 0.3) is 5.91 Å². The van der Waals surface area contributed by atoms with Crippen LogP contribution in [-0.2, 0) is 14.3 Å². The number of benzene rings is 2. The maximum absolute atomic E-state index is 11.9. The highest BCUT2D eigenvalue weighted by atomic mass is 32.2. The number of thioether (sulfide) groups is 2. The summed E-state index contributed by atoms with van der Waals surface area (Å²) in [7, 11) is 0. The highest BCUT2D eigenvalue weighted by molar-refractivity contribution is 7.99. The van der Waals surface area contributed by atoms with Gasteiger partial charge in [-0.25, -0.2) is 0 Å². The molecule has 2 aromatic rings. The first-order valence-corrected chi connectivity index (χ1v) is 9.66. The monoisotopic (exact) mass is 361 g/mol. The number of ether oxygens (including phenoxy) is 1. The van der Waals surface area contributed by atoms with Gasteiger partial charge in [-0.2, -0.15) is 0 Å². The third kappa shape index (κ3) is 6.29. The zero-order valence-corrected chi connectivity index (χ0v) is 15.0. The molecule has 0 unspecified atom stereocenters. The van der Waals surface area contributed by atoms with Crippen LogP contribution in [0.2, 0.25) is 0 Å². The van der Waals surface area contributed by atoms with Crippen LogP contribution >= 0.6 is 23.5 Å². The van der Waals surface area contributed by atoms with Crippen molar-refractivity contribution < 1.29 is 14.3 Å². The van der Waals surface area contributed by atoms with Gasteiger partial charge in [0.15, 0.2) is 6.61 Å². The van der Waals surface area contributed by atoms with Crippen molar-refractivity contribution in [1.29, 1.82) is 0 Å². The molecule has 0 heterocycles. The first-order chi connectivity index (χ1) is 11.7. The van der Waals surface area contributed by atoms with Crippen LogP contribution < -0.4 is 5.32 Å². The van der Waals surface area contributed by atoms with Gasteiger partial charge in [-0.05, 0) is 30.5 Å². The van der Waals surface area contributed by atoms with Crippen LogP contribution in [0.3, 0.4) is 0 Å². The standard InChI is InChI=1S/C18H19NO3S2/c1-23-16-10-6-5-9-15(16)19-17(20)13-22-18(21)11-12-24-14-7-3-2-4-8-14/h2-10H,11-13H2,1H3,(H,19,20). The summed E-state index contributed by atoms with van der Waals surface area (Å²) in [5.41, 5.74) is 0.727. The fourth-order valence-electron chi connectivity index (χ4n) is 1.92. The molecule has 24 heavy (non-hydrogen) atoms. The molecule has 0 spiro atoms. The molecule has 4 nitrogen and oxygen atoms in total. The molecule has 1 amide bonds. The quantitative estimate of drug-likeness (QED) is 0.567. The number of hydrogen-bond acceptors (Lipinski definition) is 5. The molecular weight excluding hydrogens is 342 g/mol. The van der Waals surface area contributed by atoms with Gasteiger partial charge in [0.1, 0.15) is 0 Å². The van der Waals surface area contributed by atoms with E-state index in [4.69, 9.17) is 4.74 Å². The van der Waals surface area contributed by atoms with Crippen LogP contribution in [0.1, 0.15) is 6.42 Å². The maximum Gasteiger partial charge on any atom is 0.307 e. The predicted octanol–water partition coefficient (Wildman–Crippen LogP) is 4.07. The van der Waals surface area contributed by atoms with E-state index in [1.54, 1.807) is 23.5 Å². The summed E-state index contributed by atoms with van der Waals surface area (Å²) >= 11 is 3.13. The van der Waals surface area contributed by atoms with E-state index in [1.165, 1.54) is 0 Å². The molecule has 2 aromatic carbocycles. The Kier molecular flexibility index (Phi) is 7.71. The van der Waals surface area contributed by atoms with Crippen molar-refractivity contribution in [3.8, 4) is 0 Å². The van der Waals surface area contributed by atoms with Crippen molar-refractivity contribution in [2.45, 2.75) is 16.2 Å². The molecule has 0 aliphatic heterocycles. The number of para-hydroxylation sites is 1. The van der Waals surface area contributed by atoms with Crippen molar-refractivity contribution >= 4 is 41.1 Å². The Morgan fingerprint density at radius 1 is 1.04 bits per heavy atom. The lowest BCUT2D eigenvalue weighted by molar-refractivity contribution is -0.146. The Hall–Kier alpha value is -1.92. The summed E-state index contributed by atoms with van der Waals surface area (Å²) in [6.07, 6.45) is 2.21. The summed E-state index contributed by atoms with van der Waals surface area (Å²) in [5.74, 6) is -0.0768. The molecule has 0 atom stereocenters. The average Bonchev–Trinajstić information content (AvgIpc) is 2.61. The van der Waals surface area contributed by atoms with Crippen molar-refractivity contribution in [2.75, 3.05) is 23.9 Å². The third-order valence-corrected chi connectivity index (χ3v) is 4.87. The molecule has 0 bridgehead atoms. The molecule has 0 aliphatic rings. The van der Waals surface area contributed by atoms with E-state index in [0.717, 1.165) is 15.5 Å². The second-order valence-electron chi connectivity index (χ2n) is 4.82. The number of hydrogen-bond donors (Lipinski definition) is 1. The normalized spacial score (nSPS) is 10.2. The number of nitrogens with one attached hydrogen (secondary N) is 1. The maximum atomic E-state index is 11.9. The number of amides is 1. The van der Waals surface area contributed by atoms with Gasteiger partial charge in [-0.15, -0.1) is 23.5 Å². The van der Waals surface area contributed by atoms with E-state index in [-0.39, 0.29) is 24.9 Å². The van der Waals surface area contributed by atoms with Gasteiger partial charge in [0.05, 0.1) is 12.1 Å². The molecule has 0 aliphatic carbocycles. The lowest BCUT2D eigenvalue weighted by atomic mass is 10.3. The minimum absolute atomic E-state index is 0.266. The van der Waals surface area contributed by atoms with Crippen LogP contribution in [0.5, 0.6) is 0 Å². The van der Waals surface area contributed by atoms with Gasteiger partial charge >= 0.3 is 5.97 Å². The topological polar surface area (TPSA) is 55.4 Å². The average molecular weight is 361 g/mol. The second kappa shape index (κ2) is 10.1. The highest BCUT2D eigenvalue weighted by Gasteiger charge is 2.09. The predicted molar refractivity (Wildman–Crippen MR) is 99.6 cm³/mol. The Morgan fingerprint density at radius 3 is 2.50 bits per heavy atom. The van der Waals surface area contributed by atoms with Gasteiger partial charge in [-0.1, -0.05) is 30.3 Å². The smallest absolute Gasteiger partial charge is 0.307 e. The van der Waals surface area contributed by atoms with E-state index in [2.05, 4.69) is 5.32 Å². The van der Waals surface area contributed by atoms with Gasteiger partial charge < -0.3 is 10.1 Å². The first kappa shape index (κ1) is 18.4. The number of rotatable bonds is 8. The molecule has 126 valence electrons. The molecule has 0 saturated heterocycles. The third-order valence-electron chi connectivity index (χ3n) is 3.06. The molecule has 0 saturated carbocycles. The van der Waals surface area contributed by atoms with Crippen LogP contribution in [-0.4, -0.2) is 30.5 Å². The van der Waals surface area contributed by atoms with Crippen LogP contribution in [0, 0.1) is 0 Å². The zero-order chi connectivity index (χ0) is 17.2. The van der Waals surface area contributed by atoms with E-state index < -0.39 is 0 Å². The molecule has 1 N–H and O–H groups in total. The van der Waals surface area contributed by atoms with Gasteiger partial charge in [0.2, 0.25) is 0 Å². The van der Waals surface area contributed by atoms with E-state index >= 15 is 0 Å². The number of esters is 1. The molecular formula is C18H19NO3S2. The van der Waals surface area contributed by atoms with Gasteiger partial charge in [-0.3, -0.25) is 9.59 Å². The minimum atomic E-state index is -0.369. The number of anilines is 1. The van der Waals surface area contributed by atoms with E-state index in [1.807, 2.05) is 60.9 Å². The first-order valence-electron chi connectivity index (χ1n) is 7.45. The summed E-state index contributed by atoms with van der Waals surface area (Å²) in [6.45, 7) is -0.266. The molecule has 0 radical (unpaired) electrons. The van der Waals surface area contributed by atoms with E-state index in [9.17, 15) is 9.59 Å². The summed E-state index contributed by atoms with van der Waals surface area (Å²) in [5, 5.41) is 2.76. The number of carbonyl (C=O) groups is 2. The van der Waals surface area contributed by atoms with Crippen LogP contribution in [0.25, 0.3) is 0 Å². The fourth-order valence-corrected chi connectivity index (χ4v) is 3.33. The van der Waals surface area contributed by atoms with Crippen molar-refractivity contribution in [3.05, 3.63) is 54.6 Å². The number of carbonyl (C=O) groups excluding carboxylic acids is 2. The van der Waals surface area contributed by atoms with Crippen molar-refractivity contribution in [2.24, 2.45) is 0 Å². The fraction of sp³-hybridized carbons (Fsp3) is 0.222. The zero-order valence-electron chi connectivity index (χ0n) is 13.4. The SMILES string of the molecule is CSc1ccccc1NC(=O)COC(=O)CCSc1ccccc1. The molecule has 6 heteroatoms. The van der Waals surface area contributed by atoms with Crippen molar-refractivity contribution in [3.63, 3.8) is 0 Å². The van der Waals surface area contributed by atoms with E-state index in [0.29, 0.717) is 5.75 Å². The molecule has 2 rings (SSSR count). The lowest BCUT2D eigenvalue weighted by Gasteiger charge is -2.09.